The van der Waals surface area contributed by atoms with E-state index in [-0.39, 0.29) is 28.9 Å². The normalized spacial score (nSPS) is 20.6. The largest absolute Gasteiger partial charge is 0.433 e. The molecule has 2 aromatic rings. The van der Waals surface area contributed by atoms with Gasteiger partial charge in [-0.3, -0.25) is 0 Å². The van der Waals surface area contributed by atoms with Crippen LogP contribution in [0.1, 0.15) is 30.0 Å². The van der Waals surface area contributed by atoms with E-state index < -0.39 is 12.6 Å². The summed E-state index contributed by atoms with van der Waals surface area (Å²) in [5.41, 5.74) is 1.72. The summed E-state index contributed by atoms with van der Waals surface area (Å²) in [6.07, 6.45) is 3.34. The highest BCUT2D eigenvalue weighted by atomic mass is 35.5. The maximum Gasteiger partial charge on any atom is 0.387 e. The van der Waals surface area contributed by atoms with E-state index in [1.807, 2.05) is 0 Å². The van der Waals surface area contributed by atoms with Crippen LogP contribution in [0.2, 0.25) is 5.02 Å². The number of alkyl halides is 2. The maximum atomic E-state index is 14.0. The lowest BCUT2D eigenvalue weighted by atomic mass is 9.95. The van der Waals surface area contributed by atoms with E-state index in [0.717, 1.165) is 18.4 Å². The Hall–Kier alpha value is -2.48. The second-order valence-electron chi connectivity index (χ2n) is 6.48. The predicted octanol–water partition coefficient (Wildman–Crippen LogP) is 4.77. The van der Waals surface area contributed by atoms with Gasteiger partial charge in [-0.05, 0) is 49.1 Å². The first kappa shape index (κ1) is 17.9. The number of ether oxygens (including phenoxy) is 1. The summed E-state index contributed by atoms with van der Waals surface area (Å²) in [6, 6.07) is 5.13. The molecule has 27 heavy (non-hydrogen) atoms. The third-order valence-electron chi connectivity index (χ3n) is 4.97. The third kappa shape index (κ3) is 3.29. The van der Waals surface area contributed by atoms with Crippen LogP contribution < -0.4 is 10.1 Å². The average Bonchev–Trinajstić information content (AvgIpc) is 2.93. The van der Waals surface area contributed by atoms with Gasteiger partial charge in [-0.15, -0.1) is 0 Å². The molecule has 2 aliphatic rings. The fraction of sp³-hybridized carbons (Fsp3) is 0.333. The molecule has 4 rings (SSSR count). The molecule has 1 aromatic heterocycles. The van der Waals surface area contributed by atoms with Gasteiger partial charge in [-0.2, -0.15) is 13.2 Å². The minimum Gasteiger partial charge on any atom is -0.433 e. The molecule has 0 aliphatic carbocycles. The molecule has 1 saturated heterocycles. The van der Waals surface area contributed by atoms with Gasteiger partial charge < -0.3 is 15.0 Å². The molecular weight excluding hydrogens is 383 g/mol. The van der Waals surface area contributed by atoms with Crippen molar-refractivity contribution in [1.82, 2.24) is 9.88 Å². The van der Waals surface area contributed by atoms with Gasteiger partial charge >= 0.3 is 12.6 Å². The van der Waals surface area contributed by atoms with Crippen molar-refractivity contribution in [3.05, 3.63) is 52.6 Å². The number of hydrogen-bond acceptors (Lipinski definition) is 3. The number of halogens is 4. The minimum absolute atomic E-state index is 0.0341. The van der Waals surface area contributed by atoms with Gasteiger partial charge in [0.25, 0.3) is 0 Å². The zero-order valence-corrected chi connectivity index (χ0v) is 14.7. The maximum absolute atomic E-state index is 14.0. The van der Waals surface area contributed by atoms with E-state index in [1.54, 1.807) is 11.0 Å². The zero-order valence-electron chi connectivity index (χ0n) is 14.0. The SMILES string of the molecule is O=C(Nc1ccc(OC(F)F)c(Cl)c1)N1[C@H]2CC[C@@H]1c1ccnc(F)c1C2. The molecule has 0 spiro atoms. The Bertz CT molecular complexity index is 896. The number of nitrogens with zero attached hydrogens (tertiary/aromatic N) is 2. The second-order valence-corrected chi connectivity index (χ2v) is 6.89. The van der Waals surface area contributed by atoms with Crippen LogP contribution >= 0.6 is 11.6 Å². The molecule has 3 heterocycles. The number of aromatic nitrogens is 1. The fourth-order valence-electron chi connectivity index (χ4n) is 3.88. The summed E-state index contributed by atoms with van der Waals surface area (Å²) >= 11 is 5.92. The topological polar surface area (TPSA) is 54.5 Å². The number of fused-ring (bicyclic) bond motifs is 4. The number of anilines is 1. The molecule has 0 unspecified atom stereocenters. The van der Waals surface area contributed by atoms with Crippen molar-refractivity contribution < 1.29 is 22.7 Å². The van der Waals surface area contributed by atoms with Crippen LogP contribution in [-0.2, 0) is 6.42 Å². The first-order valence-electron chi connectivity index (χ1n) is 8.41. The molecule has 2 aliphatic heterocycles. The van der Waals surface area contributed by atoms with Crippen LogP contribution in [0.25, 0.3) is 0 Å². The van der Waals surface area contributed by atoms with Crippen molar-refractivity contribution in [2.45, 2.75) is 38.0 Å². The molecule has 142 valence electrons. The first-order valence-corrected chi connectivity index (χ1v) is 8.79. The zero-order chi connectivity index (χ0) is 19.1. The van der Waals surface area contributed by atoms with Crippen LogP contribution in [0, 0.1) is 5.95 Å². The third-order valence-corrected chi connectivity index (χ3v) is 5.27. The van der Waals surface area contributed by atoms with Gasteiger partial charge in [0.05, 0.1) is 11.1 Å². The molecule has 2 bridgehead atoms. The van der Waals surface area contributed by atoms with Crippen LogP contribution in [0.15, 0.2) is 30.5 Å². The minimum atomic E-state index is -2.98. The standard InChI is InChI=1S/C18H15ClF3N3O2/c19-13-7-9(1-4-15(13)27-17(21)22)24-18(26)25-10-2-3-14(25)11-5-6-23-16(20)12(11)8-10/h1,4-7,10,14,17H,2-3,8H2,(H,24,26)/t10-,14+/m0/s1. The number of carbonyl (C=O) groups excluding carboxylic acids is 1. The summed E-state index contributed by atoms with van der Waals surface area (Å²) in [6.45, 7) is -2.98. The Morgan fingerprint density at radius 1 is 1.33 bits per heavy atom. The number of urea groups is 1. The van der Waals surface area contributed by atoms with Crippen molar-refractivity contribution in [2.24, 2.45) is 0 Å². The van der Waals surface area contributed by atoms with E-state index in [9.17, 15) is 18.0 Å². The van der Waals surface area contributed by atoms with Crippen molar-refractivity contribution in [1.29, 1.82) is 0 Å². The Balaban J connectivity index is 1.53. The summed E-state index contributed by atoms with van der Waals surface area (Å²) in [7, 11) is 0. The van der Waals surface area contributed by atoms with Gasteiger partial charge in [0.15, 0.2) is 0 Å². The van der Waals surface area contributed by atoms with E-state index in [1.165, 1.54) is 24.4 Å². The number of rotatable bonds is 3. The van der Waals surface area contributed by atoms with Gasteiger partial charge in [0, 0.05) is 23.5 Å². The quantitative estimate of drug-likeness (QED) is 0.759. The summed E-state index contributed by atoms with van der Waals surface area (Å²) in [5.74, 6) is -0.648. The monoisotopic (exact) mass is 397 g/mol. The Morgan fingerprint density at radius 2 is 2.15 bits per heavy atom. The smallest absolute Gasteiger partial charge is 0.387 e. The summed E-state index contributed by atoms with van der Waals surface area (Å²) < 4.78 is 42.9. The van der Waals surface area contributed by atoms with Gasteiger partial charge in [0.1, 0.15) is 5.75 Å². The number of pyridine rings is 1. The fourth-order valence-corrected chi connectivity index (χ4v) is 4.11. The van der Waals surface area contributed by atoms with Crippen molar-refractivity contribution >= 4 is 23.3 Å². The molecular formula is C18H15ClF3N3O2. The lowest BCUT2D eigenvalue weighted by Gasteiger charge is -2.36. The van der Waals surface area contributed by atoms with Gasteiger partial charge in [0.2, 0.25) is 5.95 Å². The Labute approximate surface area is 158 Å². The molecule has 2 atom stereocenters. The Kier molecular flexibility index (Phi) is 4.59. The lowest BCUT2D eigenvalue weighted by molar-refractivity contribution is -0.0497. The van der Waals surface area contributed by atoms with Gasteiger partial charge in [-0.1, -0.05) is 11.6 Å². The molecule has 0 radical (unpaired) electrons. The van der Waals surface area contributed by atoms with E-state index in [0.29, 0.717) is 17.7 Å². The van der Waals surface area contributed by atoms with Crippen LogP contribution in [0.3, 0.4) is 0 Å². The highest BCUT2D eigenvalue weighted by Crippen LogP contribution is 2.44. The number of amides is 2. The van der Waals surface area contributed by atoms with E-state index in [4.69, 9.17) is 11.6 Å². The van der Waals surface area contributed by atoms with Crippen molar-refractivity contribution in [3.63, 3.8) is 0 Å². The number of hydrogen-bond donors (Lipinski definition) is 1. The van der Waals surface area contributed by atoms with Crippen molar-refractivity contribution in [2.75, 3.05) is 5.32 Å². The van der Waals surface area contributed by atoms with Crippen LogP contribution in [0.4, 0.5) is 23.7 Å². The first-order chi connectivity index (χ1) is 12.9. The summed E-state index contributed by atoms with van der Waals surface area (Å²) in [4.78, 5) is 18.2. The van der Waals surface area contributed by atoms with Crippen molar-refractivity contribution in [3.8, 4) is 5.75 Å². The lowest BCUT2D eigenvalue weighted by Crippen LogP contribution is -2.44. The molecule has 1 N–H and O–H groups in total. The predicted molar refractivity (Wildman–Crippen MR) is 92.6 cm³/mol. The molecule has 0 saturated carbocycles. The summed E-state index contributed by atoms with van der Waals surface area (Å²) in [5, 5.41) is 2.70. The number of nitrogens with one attached hydrogen (secondary N) is 1. The van der Waals surface area contributed by atoms with E-state index in [2.05, 4.69) is 15.0 Å². The molecule has 5 nitrogen and oxygen atoms in total. The van der Waals surface area contributed by atoms with Crippen LogP contribution in [0.5, 0.6) is 5.75 Å². The molecule has 9 heteroatoms. The number of carbonyl (C=O) groups is 1. The second kappa shape index (κ2) is 6.92. The number of benzene rings is 1. The highest BCUT2D eigenvalue weighted by Gasteiger charge is 2.43. The Morgan fingerprint density at radius 3 is 2.89 bits per heavy atom. The van der Waals surface area contributed by atoms with Gasteiger partial charge in [-0.25, -0.2) is 9.78 Å². The molecule has 2 amide bonds. The van der Waals surface area contributed by atoms with Crippen LogP contribution in [-0.4, -0.2) is 28.6 Å². The average molecular weight is 398 g/mol. The highest BCUT2D eigenvalue weighted by molar-refractivity contribution is 6.32. The molecule has 1 fully saturated rings. The molecule has 1 aromatic carbocycles. The van der Waals surface area contributed by atoms with E-state index >= 15 is 0 Å².